The van der Waals surface area contributed by atoms with Crippen LogP contribution in [0.3, 0.4) is 0 Å². The number of esters is 1. The summed E-state index contributed by atoms with van der Waals surface area (Å²) >= 11 is 5.00. The molecule has 0 fully saturated rings. The highest BCUT2D eigenvalue weighted by molar-refractivity contribution is 9.10. The van der Waals surface area contributed by atoms with Gasteiger partial charge < -0.3 is 4.74 Å². The Morgan fingerprint density at radius 3 is 2.50 bits per heavy atom. The Morgan fingerprint density at radius 1 is 1.25 bits per heavy atom. The van der Waals surface area contributed by atoms with Gasteiger partial charge in [0.25, 0.3) is 0 Å². The lowest BCUT2D eigenvalue weighted by Gasteiger charge is -2.06. The first kappa shape index (κ1) is 14.6. The highest BCUT2D eigenvalue weighted by Crippen LogP contribution is 2.34. The van der Waals surface area contributed by atoms with Crippen LogP contribution in [-0.4, -0.2) is 13.1 Å². The molecule has 0 N–H and O–H groups in total. The number of rotatable bonds is 3. The Morgan fingerprint density at radius 2 is 1.95 bits per heavy atom. The summed E-state index contributed by atoms with van der Waals surface area (Å²) in [6.07, 6.45) is 0. The van der Waals surface area contributed by atoms with E-state index in [9.17, 15) is 4.79 Å². The predicted molar refractivity (Wildman–Crippen MR) is 80.8 cm³/mol. The fourth-order valence-electron chi connectivity index (χ4n) is 1.55. The average Bonchev–Trinajstić information content (AvgIpc) is 2.49. The first-order valence-electron chi connectivity index (χ1n) is 5.70. The highest BCUT2D eigenvalue weighted by atomic mass is 79.9. The molecule has 0 heterocycles. The molecule has 0 unspecified atom stereocenters. The first-order chi connectivity index (χ1) is 9.63. The van der Waals surface area contributed by atoms with Crippen molar-refractivity contribution < 1.29 is 9.53 Å². The molecule has 2 aromatic carbocycles. The van der Waals surface area contributed by atoms with Gasteiger partial charge in [-0.25, -0.2) is 4.79 Å². The summed E-state index contributed by atoms with van der Waals surface area (Å²) in [6.45, 7) is 0. The van der Waals surface area contributed by atoms with Crippen LogP contribution in [0.1, 0.15) is 15.9 Å². The number of benzene rings is 2. The Labute approximate surface area is 129 Å². The van der Waals surface area contributed by atoms with Crippen LogP contribution in [0.4, 0.5) is 0 Å². The van der Waals surface area contributed by atoms with Crippen LogP contribution in [0.25, 0.3) is 0 Å². The molecular formula is C15H10BrNO2S. The van der Waals surface area contributed by atoms with Gasteiger partial charge >= 0.3 is 5.97 Å². The van der Waals surface area contributed by atoms with Crippen LogP contribution in [0.2, 0.25) is 0 Å². The third-order valence-electron chi connectivity index (χ3n) is 2.56. The van der Waals surface area contributed by atoms with Gasteiger partial charge in [0.05, 0.1) is 24.3 Å². The Balaban J connectivity index is 2.21. The number of hydrogen-bond acceptors (Lipinski definition) is 4. The van der Waals surface area contributed by atoms with Crippen molar-refractivity contribution in [1.82, 2.24) is 0 Å². The SMILES string of the molecule is COC(=O)c1ccc(Sc2ccc(C#N)cc2)c(Br)c1. The van der Waals surface area contributed by atoms with Crippen molar-refractivity contribution in [3.8, 4) is 6.07 Å². The van der Waals surface area contributed by atoms with Crippen molar-refractivity contribution in [3.63, 3.8) is 0 Å². The van der Waals surface area contributed by atoms with Crippen molar-refractivity contribution >= 4 is 33.7 Å². The average molecular weight is 348 g/mol. The molecule has 0 saturated heterocycles. The molecule has 2 rings (SSSR count). The maximum absolute atomic E-state index is 11.4. The van der Waals surface area contributed by atoms with Crippen LogP contribution in [0, 0.1) is 11.3 Å². The standard InChI is InChI=1S/C15H10BrNO2S/c1-19-15(18)11-4-7-14(13(16)8-11)20-12-5-2-10(9-17)3-6-12/h2-8H,1H3. The second-order valence-corrected chi connectivity index (χ2v) is 5.84. The van der Waals surface area contributed by atoms with E-state index in [2.05, 4.69) is 26.7 Å². The second kappa shape index (κ2) is 6.60. The molecule has 0 aliphatic heterocycles. The molecule has 3 nitrogen and oxygen atoms in total. The van der Waals surface area contributed by atoms with E-state index in [4.69, 9.17) is 5.26 Å². The van der Waals surface area contributed by atoms with Gasteiger partial charge in [-0.15, -0.1) is 0 Å². The zero-order chi connectivity index (χ0) is 14.5. The number of carbonyl (C=O) groups is 1. The number of nitrogens with zero attached hydrogens (tertiary/aromatic N) is 1. The number of halogens is 1. The number of hydrogen-bond donors (Lipinski definition) is 0. The first-order valence-corrected chi connectivity index (χ1v) is 7.31. The fraction of sp³-hybridized carbons (Fsp3) is 0.0667. The van der Waals surface area contributed by atoms with Crippen LogP contribution >= 0.6 is 27.7 Å². The molecule has 2 aromatic rings. The number of nitriles is 1. The zero-order valence-corrected chi connectivity index (χ0v) is 13.0. The second-order valence-electron chi connectivity index (χ2n) is 3.88. The highest BCUT2D eigenvalue weighted by Gasteiger charge is 2.09. The molecular weight excluding hydrogens is 338 g/mol. The summed E-state index contributed by atoms with van der Waals surface area (Å²) < 4.78 is 5.51. The molecule has 0 radical (unpaired) electrons. The topological polar surface area (TPSA) is 50.1 Å². The van der Waals surface area contributed by atoms with E-state index in [1.165, 1.54) is 7.11 Å². The van der Waals surface area contributed by atoms with Crippen molar-refractivity contribution in [2.24, 2.45) is 0 Å². The Hall–Kier alpha value is -1.77. The molecule has 0 amide bonds. The van der Waals surface area contributed by atoms with Gasteiger partial charge in [-0.2, -0.15) is 5.26 Å². The monoisotopic (exact) mass is 347 g/mol. The van der Waals surface area contributed by atoms with Crippen molar-refractivity contribution in [2.45, 2.75) is 9.79 Å². The van der Waals surface area contributed by atoms with E-state index in [0.717, 1.165) is 14.3 Å². The minimum Gasteiger partial charge on any atom is -0.465 e. The minimum absolute atomic E-state index is 0.361. The summed E-state index contributed by atoms with van der Waals surface area (Å²) in [4.78, 5) is 13.4. The van der Waals surface area contributed by atoms with E-state index in [1.54, 1.807) is 36.0 Å². The van der Waals surface area contributed by atoms with Gasteiger partial charge in [-0.3, -0.25) is 0 Å². The Bertz CT molecular complexity index is 677. The van der Waals surface area contributed by atoms with Crippen molar-refractivity contribution in [2.75, 3.05) is 7.11 Å². The van der Waals surface area contributed by atoms with Crippen LogP contribution < -0.4 is 0 Å². The summed E-state index contributed by atoms with van der Waals surface area (Å²) in [6, 6.07) is 14.7. The van der Waals surface area contributed by atoms with Crippen molar-refractivity contribution in [1.29, 1.82) is 5.26 Å². The number of methoxy groups -OCH3 is 1. The van der Waals surface area contributed by atoms with Gasteiger partial charge in [0, 0.05) is 14.3 Å². The van der Waals surface area contributed by atoms with Crippen LogP contribution in [0.15, 0.2) is 56.7 Å². The van der Waals surface area contributed by atoms with Crippen LogP contribution in [-0.2, 0) is 4.74 Å². The zero-order valence-electron chi connectivity index (χ0n) is 10.6. The summed E-state index contributed by atoms with van der Waals surface area (Å²) in [5.74, 6) is -0.361. The normalized spacial score (nSPS) is 9.85. The third kappa shape index (κ3) is 3.41. The Kier molecular flexibility index (Phi) is 4.83. The number of ether oxygens (including phenoxy) is 1. The summed E-state index contributed by atoms with van der Waals surface area (Å²) in [5.41, 5.74) is 1.14. The van der Waals surface area contributed by atoms with E-state index >= 15 is 0 Å². The molecule has 0 spiro atoms. The lowest BCUT2D eigenvalue weighted by Crippen LogP contribution is -2.00. The third-order valence-corrected chi connectivity index (χ3v) is 4.57. The van der Waals surface area contributed by atoms with Crippen LogP contribution in [0.5, 0.6) is 0 Å². The quantitative estimate of drug-likeness (QED) is 0.778. The van der Waals surface area contributed by atoms with Gasteiger partial charge in [0.2, 0.25) is 0 Å². The lowest BCUT2D eigenvalue weighted by molar-refractivity contribution is 0.0600. The van der Waals surface area contributed by atoms with E-state index in [1.807, 2.05) is 18.2 Å². The van der Waals surface area contributed by atoms with Crippen molar-refractivity contribution in [3.05, 3.63) is 58.1 Å². The molecule has 0 bridgehead atoms. The fourth-order valence-corrected chi connectivity index (χ4v) is 2.99. The molecule has 0 aliphatic carbocycles. The molecule has 5 heteroatoms. The summed E-state index contributed by atoms with van der Waals surface area (Å²) in [5, 5.41) is 8.76. The number of carbonyl (C=O) groups excluding carboxylic acids is 1. The molecule has 0 saturated carbocycles. The van der Waals surface area contributed by atoms with Gasteiger partial charge in [-0.05, 0) is 58.4 Å². The molecule has 100 valence electrons. The maximum atomic E-state index is 11.4. The molecule has 0 aliphatic rings. The van der Waals surface area contributed by atoms with Gasteiger partial charge in [0.15, 0.2) is 0 Å². The molecule has 0 aromatic heterocycles. The lowest BCUT2D eigenvalue weighted by atomic mass is 10.2. The molecule has 0 atom stereocenters. The summed E-state index contributed by atoms with van der Waals surface area (Å²) in [7, 11) is 1.36. The largest absolute Gasteiger partial charge is 0.465 e. The van der Waals surface area contributed by atoms with E-state index in [0.29, 0.717) is 11.1 Å². The van der Waals surface area contributed by atoms with Gasteiger partial charge in [-0.1, -0.05) is 11.8 Å². The molecule has 20 heavy (non-hydrogen) atoms. The maximum Gasteiger partial charge on any atom is 0.337 e. The van der Waals surface area contributed by atoms with E-state index < -0.39 is 0 Å². The predicted octanol–water partition coefficient (Wildman–Crippen LogP) is 4.26. The van der Waals surface area contributed by atoms with E-state index in [-0.39, 0.29) is 5.97 Å². The minimum atomic E-state index is -0.361. The van der Waals surface area contributed by atoms with Gasteiger partial charge in [0.1, 0.15) is 0 Å². The smallest absolute Gasteiger partial charge is 0.337 e.